The Labute approximate surface area is 110 Å². The number of likely N-dealkylation sites (tertiary alicyclic amines) is 1. The van der Waals surface area contributed by atoms with Gasteiger partial charge in [-0.1, -0.05) is 27.7 Å². The average molecular weight is 251 g/mol. The normalized spacial score (nSPS) is 28.6. The van der Waals surface area contributed by atoms with Crippen LogP contribution in [0.3, 0.4) is 0 Å². The highest BCUT2D eigenvalue weighted by molar-refractivity contribution is 6.00. The monoisotopic (exact) mass is 251 g/mol. The Bertz CT molecular complexity index is 355. The van der Waals surface area contributed by atoms with Crippen LogP contribution in [-0.2, 0) is 9.59 Å². The summed E-state index contributed by atoms with van der Waals surface area (Å²) in [6.45, 7) is 9.80. The van der Waals surface area contributed by atoms with Crippen molar-refractivity contribution >= 4 is 11.7 Å². The van der Waals surface area contributed by atoms with Gasteiger partial charge >= 0.3 is 0 Å². The van der Waals surface area contributed by atoms with Crippen molar-refractivity contribution in [2.45, 2.75) is 65.8 Å². The van der Waals surface area contributed by atoms with Crippen molar-refractivity contribution in [1.82, 2.24) is 4.90 Å². The summed E-state index contributed by atoms with van der Waals surface area (Å²) < 4.78 is 0. The highest BCUT2D eigenvalue weighted by Crippen LogP contribution is 2.47. The van der Waals surface area contributed by atoms with Crippen LogP contribution in [-0.4, -0.2) is 29.2 Å². The van der Waals surface area contributed by atoms with Gasteiger partial charge < -0.3 is 4.90 Å². The molecule has 3 nitrogen and oxygen atoms in total. The third-order valence-corrected chi connectivity index (χ3v) is 4.27. The summed E-state index contributed by atoms with van der Waals surface area (Å²) in [4.78, 5) is 25.3. The number of hydrogen-bond donors (Lipinski definition) is 0. The fourth-order valence-corrected chi connectivity index (χ4v) is 4.12. The summed E-state index contributed by atoms with van der Waals surface area (Å²) in [5, 5.41) is 0. The molecule has 2 fully saturated rings. The van der Waals surface area contributed by atoms with Crippen LogP contribution < -0.4 is 0 Å². The lowest BCUT2D eigenvalue weighted by atomic mass is 9.63. The molecule has 0 N–H and O–H groups in total. The summed E-state index contributed by atoms with van der Waals surface area (Å²) >= 11 is 0. The first-order valence-electron chi connectivity index (χ1n) is 7.00. The highest BCUT2D eigenvalue weighted by atomic mass is 16.2. The van der Waals surface area contributed by atoms with Crippen molar-refractivity contribution in [3.05, 3.63) is 0 Å². The minimum atomic E-state index is 0.0461. The van der Waals surface area contributed by atoms with Crippen molar-refractivity contribution in [3.8, 4) is 0 Å². The molecule has 0 atom stereocenters. The summed E-state index contributed by atoms with van der Waals surface area (Å²) in [6.07, 6.45) is 4.00. The Kier molecular flexibility index (Phi) is 3.28. The zero-order chi connectivity index (χ0) is 13.6. The van der Waals surface area contributed by atoms with Crippen molar-refractivity contribution in [2.24, 2.45) is 10.8 Å². The van der Waals surface area contributed by atoms with Crippen molar-refractivity contribution in [2.75, 3.05) is 6.54 Å². The van der Waals surface area contributed by atoms with Gasteiger partial charge in [0.25, 0.3) is 0 Å². The van der Waals surface area contributed by atoms with Crippen LogP contribution in [0.5, 0.6) is 0 Å². The first kappa shape index (κ1) is 13.6. The van der Waals surface area contributed by atoms with Crippen LogP contribution in [0.15, 0.2) is 0 Å². The third kappa shape index (κ3) is 2.93. The summed E-state index contributed by atoms with van der Waals surface area (Å²) in [5.41, 5.74) is 0.572. The van der Waals surface area contributed by atoms with Gasteiger partial charge in [0.2, 0.25) is 5.91 Å². The second-order valence-corrected chi connectivity index (χ2v) is 7.62. The molecule has 1 aliphatic heterocycles. The van der Waals surface area contributed by atoms with Crippen molar-refractivity contribution in [1.29, 1.82) is 0 Å². The number of ketones is 1. The molecule has 3 heteroatoms. The molecule has 1 heterocycles. The SMILES string of the molecule is CC1(C)CC(N2CCC(=O)CC2=O)CC(C)(C)C1. The maximum Gasteiger partial charge on any atom is 0.230 e. The minimum absolute atomic E-state index is 0.0461. The maximum absolute atomic E-state index is 12.0. The zero-order valence-corrected chi connectivity index (χ0v) is 12.1. The van der Waals surface area contributed by atoms with E-state index in [1.165, 1.54) is 6.42 Å². The molecule has 0 unspecified atom stereocenters. The molecule has 2 aliphatic rings. The molecule has 1 saturated heterocycles. The van der Waals surface area contributed by atoms with Crippen LogP contribution in [0, 0.1) is 10.8 Å². The van der Waals surface area contributed by atoms with Gasteiger partial charge in [-0.05, 0) is 30.1 Å². The first-order valence-corrected chi connectivity index (χ1v) is 7.00. The molecule has 102 valence electrons. The predicted octanol–water partition coefficient (Wildman–Crippen LogP) is 2.78. The van der Waals surface area contributed by atoms with Crippen LogP contribution in [0.25, 0.3) is 0 Å². The van der Waals surface area contributed by atoms with E-state index in [0.717, 1.165) is 12.8 Å². The van der Waals surface area contributed by atoms with E-state index in [1.807, 2.05) is 4.90 Å². The van der Waals surface area contributed by atoms with Gasteiger partial charge in [-0.2, -0.15) is 0 Å². The molecule has 18 heavy (non-hydrogen) atoms. The Balaban J connectivity index is 2.13. The number of carbonyl (C=O) groups is 2. The lowest BCUT2D eigenvalue weighted by molar-refractivity contribution is -0.143. The van der Waals surface area contributed by atoms with Gasteiger partial charge in [-0.25, -0.2) is 0 Å². The molecule has 0 spiro atoms. The van der Waals surface area contributed by atoms with Crippen LogP contribution in [0.2, 0.25) is 0 Å². The molecule has 1 aliphatic carbocycles. The quantitative estimate of drug-likeness (QED) is 0.672. The Morgan fingerprint density at radius 1 is 1.06 bits per heavy atom. The summed E-state index contributed by atoms with van der Waals surface area (Å²) in [6, 6.07) is 0.323. The van der Waals surface area contributed by atoms with Crippen molar-refractivity contribution < 1.29 is 9.59 Å². The average Bonchev–Trinajstić information content (AvgIpc) is 2.11. The van der Waals surface area contributed by atoms with Crippen LogP contribution >= 0.6 is 0 Å². The van der Waals surface area contributed by atoms with Crippen molar-refractivity contribution in [3.63, 3.8) is 0 Å². The lowest BCUT2D eigenvalue weighted by Gasteiger charge is -2.49. The summed E-state index contributed by atoms with van der Waals surface area (Å²) in [5.74, 6) is 0.148. The number of Topliss-reactive ketones (excluding diaryl/α,β-unsaturated/α-hetero) is 1. The smallest absolute Gasteiger partial charge is 0.230 e. The molecule has 0 aromatic rings. The number of hydrogen-bond acceptors (Lipinski definition) is 2. The minimum Gasteiger partial charge on any atom is -0.339 e. The van der Waals surface area contributed by atoms with E-state index in [1.54, 1.807) is 0 Å². The van der Waals surface area contributed by atoms with Gasteiger partial charge in [-0.3, -0.25) is 9.59 Å². The Morgan fingerprint density at radius 3 is 2.11 bits per heavy atom. The number of nitrogens with zero attached hydrogens (tertiary/aromatic N) is 1. The molecule has 2 rings (SSSR count). The Hall–Kier alpha value is -0.860. The number of carbonyl (C=O) groups excluding carboxylic acids is 2. The van der Waals surface area contributed by atoms with Gasteiger partial charge in [0.1, 0.15) is 5.78 Å². The topological polar surface area (TPSA) is 37.4 Å². The van der Waals surface area contributed by atoms with E-state index in [2.05, 4.69) is 27.7 Å². The molecule has 0 bridgehead atoms. The number of rotatable bonds is 1. The third-order valence-electron chi connectivity index (χ3n) is 4.27. The van der Waals surface area contributed by atoms with E-state index in [9.17, 15) is 9.59 Å². The molecule has 0 radical (unpaired) electrons. The van der Waals surface area contributed by atoms with E-state index in [-0.39, 0.29) is 28.9 Å². The fraction of sp³-hybridized carbons (Fsp3) is 0.867. The van der Waals surface area contributed by atoms with Gasteiger partial charge in [0.15, 0.2) is 0 Å². The molecule has 1 amide bonds. The second-order valence-electron chi connectivity index (χ2n) is 7.62. The maximum atomic E-state index is 12.0. The Morgan fingerprint density at radius 2 is 1.61 bits per heavy atom. The second kappa shape index (κ2) is 4.36. The zero-order valence-electron chi connectivity index (χ0n) is 12.1. The number of piperidine rings is 1. The standard InChI is InChI=1S/C15H25NO2/c1-14(2)8-11(9-15(3,4)10-14)16-6-5-12(17)7-13(16)18/h11H,5-10H2,1-4H3. The number of amides is 1. The molecular formula is C15H25NO2. The first-order chi connectivity index (χ1) is 8.19. The van der Waals surface area contributed by atoms with E-state index in [0.29, 0.717) is 19.0 Å². The van der Waals surface area contributed by atoms with Gasteiger partial charge in [-0.15, -0.1) is 0 Å². The van der Waals surface area contributed by atoms with E-state index >= 15 is 0 Å². The fourth-order valence-electron chi connectivity index (χ4n) is 4.12. The molecule has 0 aromatic heterocycles. The lowest BCUT2D eigenvalue weighted by Crippen LogP contribution is -2.51. The summed E-state index contributed by atoms with van der Waals surface area (Å²) in [7, 11) is 0. The molecule has 1 saturated carbocycles. The van der Waals surface area contributed by atoms with Crippen LogP contribution in [0.4, 0.5) is 0 Å². The predicted molar refractivity (Wildman–Crippen MR) is 71.2 cm³/mol. The van der Waals surface area contributed by atoms with Gasteiger partial charge in [0.05, 0.1) is 6.42 Å². The highest BCUT2D eigenvalue weighted by Gasteiger charge is 2.42. The largest absolute Gasteiger partial charge is 0.339 e. The van der Waals surface area contributed by atoms with Gasteiger partial charge in [0, 0.05) is 19.0 Å². The van der Waals surface area contributed by atoms with E-state index < -0.39 is 0 Å². The van der Waals surface area contributed by atoms with Crippen LogP contribution in [0.1, 0.15) is 59.8 Å². The van der Waals surface area contributed by atoms with E-state index in [4.69, 9.17) is 0 Å². The molecular weight excluding hydrogens is 226 g/mol. The molecule has 0 aromatic carbocycles.